The number of hydrogen-bond donors (Lipinski definition) is 0. The fraction of sp³-hybridized carbons (Fsp3) is 0.235. The van der Waals surface area contributed by atoms with Crippen LogP contribution in [-0.2, 0) is 17.9 Å². The SMILES string of the molecule is COc1ccc(CN(C)C(=O)Cn2cnc3sccc3c2=O)cc1F. The molecule has 25 heavy (non-hydrogen) atoms. The molecule has 0 spiro atoms. The van der Waals surface area contributed by atoms with Crippen LogP contribution >= 0.6 is 11.3 Å². The number of rotatable bonds is 5. The van der Waals surface area contributed by atoms with Gasteiger partial charge in [0.25, 0.3) is 5.56 Å². The van der Waals surface area contributed by atoms with Gasteiger partial charge >= 0.3 is 0 Å². The molecule has 8 heteroatoms. The number of benzene rings is 1. The molecule has 0 saturated heterocycles. The number of thiophene rings is 1. The number of likely N-dealkylation sites (N-methyl/N-ethyl adjacent to an activating group) is 1. The van der Waals surface area contributed by atoms with E-state index in [2.05, 4.69) is 4.98 Å². The van der Waals surface area contributed by atoms with Crippen molar-refractivity contribution in [2.75, 3.05) is 14.2 Å². The molecule has 0 unspecified atom stereocenters. The van der Waals surface area contributed by atoms with E-state index < -0.39 is 5.82 Å². The summed E-state index contributed by atoms with van der Waals surface area (Å²) in [6.07, 6.45) is 1.37. The van der Waals surface area contributed by atoms with Crippen LogP contribution in [0.2, 0.25) is 0 Å². The highest BCUT2D eigenvalue weighted by Crippen LogP contribution is 2.18. The van der Waals surface area contributed by atoms with E-state index in [9.17, 15) is 14.0 Å². The van der Waals surface area contributed by atoms with Gasteiger partial charge in [-0.15, -0.1) is 11.3 Å². The number of methoxy groups -OCH3 is 1. The van der Waals surface area contributed by atoms with Crippen molar-refractivity contribution < 1.29 is 13.9 Å². The largest absolute Gasteiger partial charge is 0.494 e. The van der Waals surface area contributed by atoms with Gasteiger partial charge in [0.05, 0.1) is 18.8 Å². The average Bonchev–Trinajstić information content (AvgIpc) is 3.07. The number of fused-ring (bicyclic) bond motifs is 1. The lowest BCUT2D eigenvalue weighted by Gasteiger charge is -2.18. The summed E-state index contributed by atoms with van der Waals surface area (Å²) in [6.45, 7) is 0.107. The molecule has 0 saturated carbocycles. The first-order valence-electron chi connectivity index (χ1n) is 7.48. The number of carbonyl (C=O) groups excluding carboxylic acids is 1. The number of ether oxygens (including phenoxy) is 1. The topological polar surface area (TPSA) is 64.4 Å². The standard InChI is InChI=1S/C17H16FN3O3S/c1-20(8-11-3-4-14(24-2)13(18)7-11)15(22)9-21-10-19-16-12(17(21)23)5-6-25-16/h3-7,10H,8-9H2,1-2H3. The first-order valence-corrected chi connectivity index (χ1v) is 8.36. The van der Waals surface area contributed by atoms with E-state index in [1.165, 1.54) is 46.4 Å². The minimum absolute atomic E-state index is 0.118. The molecule has 130 valence electrons. The second kappa shape index (κ2) is 7.02. The Bertz CT molecular complexity index is 983. The quantitative estimate of drug-likeness (QED) is 0.699. The first-order chi connectivity index (χ1) is 12.0. The molecule has 1 amide bonds. The third-order valence-corrected chi connectivity index (χ3v) is 4.64. The van der Waals surface area contributed by atoms with Crippen molar-refractivity contribution in [3.05, 3.63) is 57.7 Å². The van der Waals surface area contributed by atoms with Gasteiger partial charge in [0.1, 0.15) is 11.4 Å². The van der Waals surface area contributed by atoms with E-state index in [-0.39, 0.29) is 30.3 Å². The van der Waals surface area contributed by atoms with Gasteiger partial charge in [-0.1, -0.05) is 6.07 Å². The van der Waals surface area contributed by atoms with Crippen LogP contribution in [0.25, 0.3) is 10.2 Å². The summed E-state index contributed by atoms with van der Waals surface area (Å²) in [4.78, 5) is 31.0. The molecule has 0 aliphatic carbocycles. The highest BCUT2D eigenvalue weighted by atomic mass is 32.1. The lowest BCUT2D eigenvalue weighted by Crippen LogP contribution is -2.33. The fourth-order valence-electron chi connectivity index (χ4n) is 2.44. The Morgan fingerprint density at radius 1 is 1.40 bits per heavy atom. The highest BCUT2D eigenvalue weighted by Gasteiger charge is 2.14. The van der Waals surface area contributed by atoms with E-state index in [4.69, 9.17) is 4.74 Å². The number of aromatic nitrogens is 2. The lowest BCUT2D eigenvalue weighted by molar-refractivity contribution is -0.131. The van der Waals surface area contributed by atoms with Crippen molar-refractivity contribution in [3.8, 4) is 5.75 Å². The number of hydrogen-bond acceptors (Lipinski definition) is 5. The Kier molecular flexibility index (Phi) is 4.80. The van der Waals surface area contributed by atoms with Crippen LogP contribution in [0.5, 0.6) is 5.75 Å². The van der Waals surface area contributed by atoms with E-state index in [1.54, 1.807) is 24.6 Å². The minimum atomic E-state index is -0.482. The Morgan fingerprint density at radius 3 is 2.92 bits per heavy atom. The molecule has 2 aromatic heterocycles. The molecule has 2 heterocycles. The molecular formula is C17H16FN3O3S. The minimum Gasteiger partial charge on any atom is -0.494 e. The van der Waals surface area contributed by atoms with E-state index in [0.29, 0.717) is 15.8 Å². The number of halogens is 1. The third kappa shape index (κ3) is 3.53. The van der Waals surface area contributed by atoms with E-state index in [0.717, 1.165) is 0 Å². The highest BCUT2D eigenvalue weighted by molar-refractivity contribution is 7.16. The zero-order chi connectivity index (χ0) is 18.0. The monoisotopic (exact) mass is 361 g/mol. The second-order valence-corrected chi connectivity index (χ2v) is 6.43. The summed E-state index contributed by atoms with van der Waals surface area (Å²) in [7, 11) is 3.00. The van der Waals surface area contributed by atoms with Crippen LogP contribution in [0.4, 0.5) is 4.39 Å². The van der Waals surface area contributed by atoms with Crippen LogP contribution < -0.4 is 10.3 Å². The molecular weight excluding hydrogens is 345 g/mol. The van der Waals surface area contributed by atoms with Gasteiger partial charge in [0.2, 0.25) is 5.91 Å². The second-order valence-electron chi connectivity index (χ2n) is 5.54. The maximum atomic E-state index is 13.7. The van der Waals surface area contributed by atoms with E-state index in [1.807, 2.05) is 0 Å². The zero-order valence-corrected chi connectivity index (χ0v) is 14.5. The summed E-state index contributed by atoms with van der Waals surface area (Å²) in [5.41, 5.74) is 0.386. The molecule has 1 aromatic carbocycles. The Hall–Kier alpha value is -2.74. The molecule has 0 atom stereocenters. The average molecular weight is 361 g/mol. The van der Waals surface area contributed by atoms with Crippen molar-refractivity contribution >= 4 is 27.5 Å². The molecule has 0 aliphatic heterocycles. The molecule has 0 fully saturated rings. The zero-order valence-electron chi connectivity index (χ0n) is 13.7. The Balaban J connectivity index is 1.72. The van der Waals surface area contributed by atoms with Gasteiger partial charge in [-0.3, -0.25) is 14.2 Å². The Labute approximate surface area is 147 Å². The van der Waals surface area contributed by atoms with Gasteiger partial charge in [0.15, 0.2) is 11.6 Å². The van der Waals surface area contributed by atoms with Crippen molar-refractivity contribution in [2.24, 2.45) is 0 Å². The van der Waals surface area contributed by atoms with Gasteiger partial charge in [-0.2, -0.15) is 0 Å². The Morgan fingerprint density at radius 2 is 2.20 bits per heavy atom. The van der Waals surface area contributed by atoms with Gasteiger partial charge in [0, 0.05) is 13.6 Å². The fourth-order valence-corrected chi connectivity index (χ4v) is 3.17. The first kappa shape index (κ1) is 17.1. The van der Waals surface area contributed by atoms with Crippen molar-refractivity contribution in [2.45, 2.75) is 13.1 Å². The van der Waals surface area contributed by atoms with Crippen molar-refractivity contribution in [1.82, 2.24) is 14.5 Å². The van der Waals surface area contributed by atoms with Crippen LogP contribution in [-0.4, -0.2) is 34.5 Å². The summed E-state index contributed by atoms with van der Waals surface area (Å²) < 4.78 is 19.9. The summed E-state index contributed by atoms with van der Waals surface area (Å²) in [6, 6.07) is 6.23. The van der Waals surface area contributed by atoms with Crippen LogP contribution in [0.3, 0.4) is 0 Å². The summed E-state index contributed by atoms with van der Waals surface area (Å²) in [5.74, 6) is -0.599. The summed E-state index contributed by atoms with van der Waals surface area (Å²) >= 11 is 1.38. The van der Waals surface area contributed by atoms with Gasteiger partial charge in [-0.05, 0) is 29.1 Å². The van der Waals surface area contributed by atoms with Crippen molar-refractivity contribution in [3.63, 3.8) is 0 Å². The maximum absolute atomic E-state index is 13.7. The molecule has 3 rings (SSSR count). The molecule has 3 aromatic rings. The molecule has 0 bridgehead atoms. The predicted octanol–water partition coefficient (Wildman–Crippen LogP) is 2.26. The molecule has 0 radical (unpaired) electrons. The smallest absolute Gasteiger partial charge is 0.262 e. The lowest BCUT2D eigenvalue weighted by atomic mass is 10.2. The van der Waals surface area contributed by atoms with Crippen molar-refractivity contribution in [1.29, 1.82) is 0 Å². The third-order valence-electron chi connectivity index (χ3n) is 3.82. The molecule has 0 N–H and O–H groups in total. The number of amides is 1. The number of nitrogens with zero attached hydrogens (tertiary/aromatic N) is 3. The predicted molar refractivity (Wildman–Crippen MR) is 93.3 cm³/mol. The van der Waals surface area contributed by atoms with Crippen LogP contribution in [0, 0.1) is 5.82 Å². The molecule has 0 aliphatic rings. The number of carbonyl (C=O) groups is 1. The normalized spacial score (nSPS) is 10.8. The van der Waals surface area contributed by atoms with Crippen LogP contribution in [0.1, 0.15) is 5.56 Å². The summed E-state index contributed by atoms with van der Waals surface area (Å²) in [5, 5.41) is 2.29. The van der Waals surface area contributed by atoms with Gasteiger partial charge < -0.3 is 9.64 Å². The van der Waals surface area contributed by atoms with E-state index >= 15 is 0 Å². The molecule has 6 nitrogen and oxygen atoms in total. The van der Waals surface area contributed by atoms with Gasteiger partial charge in [-0.25, -0.2) is 9.37 Å². The van der Waals surface area contributed by atoms with Crippen LogP contribution in [0.15, 0.2) is 40.8 Å². The maximum Gasteiger partial charge on any atom is 0.262 e.